The Kier molecular flexibility index (Phi) is 2.65. The highest BCUT2D eigenvalue weighted by Gasteiger charge is 2.27. The molecule has 0 spiro atoms. The molecule has 0 radical (unpaired) electrons. The molecule has 1 N–H and O–H groups in total. The molecule has 3 heteroatoms. The minimum Gasteiger partial charge on any atom is -0.478 e. The molecule has 1 fully saturated rings. The first-order chi connectivity index (χ1) is 5.24. The van der Waals surface area contributed by atoms with Gasteiger partial charge in [-0.05, 0) is 12.5 Å². The first-order valence-electron chi connectivity index (χ1n) is 3.76. The number of aliphatic carboxylic acids is 1. The summed E-state index contributed by atoms with van der Waals surface area (Å²) >= 11 is 0. The lowest BCUT2D eigenvalue weighted by molar-refractivity contribution is -0.131. The van der Waals surface area contributed by atoms with E-state index in [1.165, 1.54) is 0 Å². The van der Waals surface area contributed by atoms with Crippen LogP contribution in [0.4, 0.5) is 0 Å². The summed E-state index contributed by atoms with van der Waals surface area (Å²) in [4.78, 5) is 10.1. The summed E-state index contributed by atoms with van der Waals surface area (Å²) < 4.78 is 5.13. The first-order valence-corrected chi connectivity index (χ1v) is 3.76. The quantitative estimate of drug-likeness (QED) is 0.621. The molecule has 1 aliphatic rings. The molecule has 0 aromatic heterocycles. The van der Waals surface area contributed by atoms with Crippen molar-refractivity contribution in [1.82, 2.24) is 0 Å². The van der Waals surface area contributed by atoms with E-state index in [1.54, 1.807) is 6.08 Å². The van der Waals surface area contributed by atoms with Gasteiger partial charge in [-0.25, -0.2) is 4.79 Å². The summed E-state index contributed by atoms with van der Waals surface area (Å²) in [6, 6.07) is 0. The molecule has 1 aliphatic heterocycles. The van der Waals surface area contributed by atoms with E-state index < -0.39 is 5.97 Å². The number of ether oxygens (including phenoxy) is 1. The van der Waals surface area contributed by atoms with E-state index in [2.05, 4.69) is 6.92 Å². The molecule has 2 atom stereocenters. The Morgan fingerprint density at radius 3 is 2.91 bits per heavy atom. The number of carbonyl (C=O) groups is 1. The van der Waals surface area contributed by atoms with Crippen LogP contribution in [-0.2, 0) is 9.53 Å². The summed E-state index contributed by atoms with van der Waals surface area (Å²) in [6.45, 7) is 2.85. The minimum atomic E-state index is -0.907. The third kappa shape index (κ3) is 2.05. The van der Waals surface area contributed by atoms with Crippen molar-refractivity contribution < 1.29 is 14.6 Å². The van der Waals surface area contributed by atoms with Crippen LogP contribution in [0, 0.1) is 5.92 Å². The number of rotatable bonds is 3. The molecule has 0 aromatic rings. The van der Waals surface area contributed by atoms with Gasteiger partial charge in [0, 0.05) is 12.0 Å². The Morgan fingerprint density at radius 2 is 2.55 bits per heavy atom. The van der Waals surface area contributed by atoms with Crippen LogP contribution in [0.1, 0.15) is 13.3 Å². The van der Waals surface area contributed by atoms with Gasteiger partial charge in [-0.3, -0.25) is 0 Å². The molecule has 0 bridgehead atoms. The molecule has 2 unspecified atom stereocenters. The first kappa shape index (κ1) is 8.27. The van der Waals surface area contributed by atoms with Gasteiger partial charge in [-0.15, -0.1) is 0 Å². The Balaban J connectivity index is 2.32. The van der Waals surface area contributed by atoms with Crippen LogP contribution in [-0.4, -0.2) is 23.8 Å². The lowest BCUT2D eigenvalue weighted by Crippen LogP contribution is -2.37. The maximum Gasteiger partial charge on any atom is 0.328 e. The number of hydrogen-bond donors (Lipinski definition) is 1. The molecule has 0 aliphatic carbocycles. The van der Waals surface area contributed by atoms with Crippen molar-refractivity contribution in [2.45, 2.75) is 19.4 Å². The van der Waals surface area contributed by atoms with Gasteiger partial charge in [-0.2, -0.15) is 0 Å². The SMILES string of the molecule is CCC1COC1C=CC(=O)O. The van der Waals surface area contributed by atoms with Crippen LogP contribution in [0.15, 0.2) is 12.2 Å². The van der Waals surface area contributed by atoms with Gasteiger partial charge in [0.05, 0.1) is 12.7 Å². The number of hydrogen-bond acceptors (Lipinski definition) is 2. The van der Waals surface area contributed by atoms with Crippen molar-refractivity contribution in [3.05, 3.63) is 12.2 Å². The highest BCUT2D eigenvalue weighted by atomic mass is 16.5. The topological polar surface area (TPSA) is 46.5 Å². The van der Waals surface area contributed by atoms with Crippen molar-refractivity contribution in [2.75, 3.05) is 6.61 Å². The molecular weight excluding hydrogens is 144 g/mol. The van der Waals surface area contributed by atoms with Crippen LogP contribution < -0.4 is 0 Å². The average molecular weight is 156 g/mol. The van der Waals surface area contributed by atoms with E-state index in [4.69, 9.17) is 9.84 Å². The Hall–Kier alpha value is -0.830. The normalized spacial score (nSPS) is 30.3. The Morgan fingerprint density at radius 1 is 1.82 bits per heavy atom. The molecule has 3 nitrogen and oxygen atoms in total. The summed E-state index contributed by atoms with van der Waals surface area (Å²) in [5.41, 5.74) is 0. The van der Waals surface area contributed by atoms with Crippen molar-refractivity contribution in [1.29, 1.82) is 0 Å². The molecule has 0 aromatic carbocycles. The van der Waals surface area contributed by atoms with Crippen LogP contribution in [0.2, 0.25) is 0 Å². The molecule has 0 amide bonds. The van der Waals surface area contributed by atoms with Gasteiger partial charge in [0.15, 0.2) is 0 Å². The average Bonchev–Trinajstić information content (AvgIpc) is 1.86. The smallest absolute Gasteiger partial charge is 0.328 e. The third-order valence-corrected chi connectivity index (χ3v) is 1.92. The fourth-order valence-electron chi connectivity index (χ4n) is 1.08. The molecule has 1 heterocycles. The predicted octanol–water partition coefficient (Wildman–Crippen LogP) is 1.05. The zero-order valence-electron chi connectivity index (χ0n) is 6.49. The highest BCUT2D eigenvalue weighted by Crippen LogP contribution is 2.24. The molecule has 1 rings (SSSR count). The molecule has 0 saturated carbocycles. The largest absolute Gasteiger partial charge is 0.478 e. The minimum absolute atomic E-state index is 0.0381. The zero-order chi connectivity index (χ0) is 8.27. The second kappa shape index (κ2) is 3.53. The summed E-state index contributed by atoms with van der Waals surface area (Å²) in [7, 11) is 0. The van der Waals surface area contributed by atoms with Crippen LogP contribution in [0.3, 0.4) is 0 Å². The van der Waals surface area contributed by atoms with Crippen molar-refractivity contribution in [3.8, 4) is 0 Å². The van der Waals surface area contributed by atoms with Crippen LogP contribution in [0.25, 0.3) is 0 Å². The summed E-state index contributed by atoms with van der Waals surface area (Å²) in [6.07, 6.45) is 3.84. The lowest BCUT2D eigenvalue weighted by atomic mass is 9.95. The zero-order valence-corrected chi connectivity index (χ0v) is 6.49. The number of carboxylic acid groups (broad SMARTS) is 1. The van der Waals surface area contributed by atoms with E-state index in [9.17, 15) is 4.79 Å². The summed E-state index contributed by atoms with van der Waals surface area (Å²) in [5, 5.41) is 8.30. The third-order valence-electron chi connectivity index (χ3n) is 1.92. The standard InChI is InChI=1S/C8H12O3/c1-2-6-5-11-7(6)3-4-8(9)10/h3-4,6-7H,2,5H2,1H3,(H,9,10). The molecule has 11 heavy (non-hydrogen) atoms. The van der Waals surface area contributed by atoms with Crippen molar-refractivity contribution >= 4 is 5.97 Å². The van der Waals surface area contributed by atoms with Gasteiger partial charge < -0.3 is 9.84 Å². The maximum absolute atomic E-state index is 10.1. The second-order valence-corrected chi connectivity index (χ2v) is 2.66. The van der Waals surface area contributed by atoms with Crippen molar-refractivity contribution in [2.24, 2.45) is 5.92 Å². The van der Waals surface area contributed by atoms with Crippen LogP contribution >= 0.6 is 0 Å². The predicted molar refractivity (Wildman–Crippen MR) is 40.3 cm³/mol. The Labute approximate surface area is 65.7 Å². The Bertz CT molecular complexity index is 172. The fraction of sp³-hybridized carbons (Fsp3) is 0.625. The van der Waals surface area contributed by atoms with Gasteiger partial charge in [0.1, 0.15) is 0 Å². The van der Waals surface area contributed by atoms with E-state index in [-0.39, 0.29) is 6.10 Å². The maximum atomic E-state index is 10.1. The highest BCUT2D eigenvalue weighted by molar-refractivity contribution is 5.79. The summed E-state index contributed by atoms with van der Waals surface area (Å²) in [5.74, 6) is -0.388. The molecule has 62 valence electrons. The molecular formula is C8H12O3. The van der Waals surface area contributed by atoms with E-state index in [1.807, 2.05) is 0 Å². The van der Waals surface area contributed by atoms with Gasteiger partial charge in [-0.1, -0.05) is 6.92 Å². The van der Waals surface area contributed by atoms with E-state index in [0.29, 0.717) is 5.92 Å². The second-order valence-electron chi connectivity index (χ2n) is 2.66. The molecule has 1 saturated heterocycles. The lowest BCUT2D eigenvalue weighted by Gasteiger charge is -2.33. The van der Waals surface area contributed by atoms with Crippen LogP contribution in [0.5, 0.6) is 0 Å². The van der Waals surface area contributed by atoms with Gasteiger partial charge in [0.25, 0.3) is 0 Å². The van der Waals surface area contributed by atoms with Gasteiger partial charge >= 0.3 is 5.97 Å². The number of carboxylic acids is 1. The van der Waals surface area contributed by atoms with E-state index in [0.717, 1.165) is 19.1 Å². The monoisotopic (exact) mass is 156 g/mol. The van der Waals surface area contributed by atoms with Crippen molar-refractivity contribution in [3.63, 3.8) is 0 Å². The van der Waals surface area contributed by atoms with Gasteiger partial charge in [0.2, 0.25) is 0 Å². The van der Waals surface area contributed by atoms with E-state index >= 15 is 0 Å². The fourth-order valence-corrected chi connectivity index (χ4v) is 1.08.